The van der Waals surface area contributed by atoms with E-state index in [4.69, 9.17) is 47.4 Å². The molecule has 146 heavy (non-hydrogen) atoms. The van der Waals surface area contributed by atoms with Crippen molar-refractivity contribution in [3.8, 4) is 0 Å². The maximum atomic E-state index is 13.3. The number of ether oxygens (including phenoxy) is 10. The Balaban J connectivity index is -0.00000127. The minimum Gasteiger partial charge on any atom is -0.726 e. The standard InChI is InChI=1S/C40H70O74S16.16Na/c1-12(2)14-5-4-13(3)6-15(14)94-36-31(110-126(74,75)76)26(21(104-120(56,57)58)16(95-36)7-89-115(41,42)43)100-37-32(111-127(77,78)79)27(22(105-121(59,60)61)17(96-37)8-90-116(44,45)46)101-38-33(112-128(80,81)82)28(23(106-122(62,63)64)18(97-38)9-91-117(47,48)49)102-39-34(113-129(83,84)85)29(24(107-123(65,66)67)19(98-39)10-92-118(50,51)52)103-40-35(114-130(86,87)88)30(109-125(71,72)73)25(108-124(68,69)70)20(99-40)11-93-119(53,54)55;;;;;;;;;;;;;;;;/h12-40H,4-11H2,1-3H3,(H,41,42,43)(H,44,45,46)(H,47,48,49)(H,50,51,52)(H,53,54,55)(H,56,57,58)(H,59,60,61)(H,62,63,64)(H,65,66,67)(H,68,69,70)(H,71,72,73)(H,74,75,76)(H,77,78,79)(H,80,81,82)(H,83,84,85)(H,86,87,88);;;;;;;;;;;;;;;;/q;16*+1/p-16/t13-,14+,15-,16-,17-,18-,19-,20-,21-,22-,23-,24-,25-,26+,27+,28+,29+,30+,31-,32-,33-,34-,35-,36?,37+,38+,39+,40+;;;;;;;;;;;;;;;;/m1................/s1. The third kappa shape index (κ3) is 69.6. The van der Waals surface area contributed by atoms with E-state index in [2.05, 4.69) is 66.9 Å². The average molecular weight is 2600 g/mol. The second-order valence-corrected chi connectivity index (χ2v) is 42.6. The Morgan fingerprint density at radius 3 is 0.507 bits per heavy atom. The van der Waals surface area contributed by atoms with Gasteiger partial charge in [0.1, 0.15) is 91.6 Å². The molecule has 74 nitrogen and oxygen atoms in total. The van der Waals surface area contributed by atoms with Crippen LogP contribution >= 0.6 is 0 Å². The summed E-state index contributed by atoms with van der Waals surface area (Å²) in [4.78, 5) is 0. The largest absolute Gasteiger partial charge is 1.00 e. The molecule has 6 aliphatic rings. The Kier molecular flexibility index (Phi) is 92.1. The average Bonchev–Trinajstić information content (AvgIpc) is 0.741. The predicted octanol–water partition coefficient (Wildman–Crippen LogP) is -64.6. The van der Waals surface area contributed by atoms with Crippen molar-refractivity contribution in [2.45, 2.75) is 200 Å². The molecule has 1 saturated carbocycles. The molecule has 5 saturated heterocycles. The van der Waals surface area contributed by atoms with Gasteiger partial charge in [-0.2, -0.15) is 0 Å². The minimum atomic E-state index is -7.49. The van der Waals surface area contributed by atoms with Gasteiger partial charge in [0.05, 0.1) is 39.1 Å². The summed E-state index contributed by atoms with van der Waals surface area (Å²) in [5.74, 6) is -2.04. The molecule has 0 radical (unpaired) electrons. The van der Waals surface area contributed by atoms with Crippen molar-refractivity contribution in [2.24, 2.45) is 17.8 Å². The zero-order chi connectivity index (χ0) is 99.8. The molecule has 1 aliphatic carbocycles. The maximum absolute atomic E-state index is 13.3. The molecule has 1 unspecified atom stereocenters. The summed E-state index contributed by atoms with van der Waals surface area (Å²) >= 11 is 0. The molecule has 5 heterocycles. The Bertz CT molecular complexity index is 5970. The quantitative estimate of drug-likeness (QED) is 0.0310. The molecular formula is C40H54Na16O74S16. The molecule has 0 bridgehead atoms. The number of rotatable bonds is 48. The van der Waals surface area contributed by atoms with E-state index < -0.39 is 377 Å². The number of hydrogen-bond donors (Lipinski definition) is 0. The van der Waals surface area contributed by atoms with Gasteiger partial charge in [0.25, 0.3) is 0 Å². The van der Waals surface area contributed by atoms with Gasteiger partial charge in [0.15, 0.2) is 62.0 Å². The van der Waals surface area contributed by atoms with E-state index in [9.17, 15) is 208 Å². The fourth-order valence-corrected chi connectivity index (χ4v) is 19.6. The topological polar surface area (TPSA) is 1160 Å². The number of hydrogen-bond acceptors (Lipinski definition) is 74. The van der Waals surface area contributed by atoms with Crippen molar-refractivity contribution < 1.29 is 795 Å². The van der Waals surface area contributed by atoms with Crippen LogP contribution in [0.25, 0.3) is 0 Å². The van der Waals surface area contributed by atoms with E-state index in [0.717, 1.165) is 0 Å². The molecule has 6 fully saturated rings. The first kappa shape index (κ1) is 182. The van der Waals surface area contributed by atoms with Gasteiger partial charge in [0.2, 0.25) is 166 Å². The van der Waals surface area contributed by atoms with Crippen molar-refractivity contribution in [2.75, 3.05) is 33.0 Å². The summed E-state index contributed by atoms with van der Waals surface area (Å²) in [6.45, 7) is -8.46. The zero-order valence-electron chi connectivity index (χ0n) is 78.1. The first-order valence-electron chi connectivity index (χ1n) is 32.7. The van der Waals surface area contributed by atoms with Crippen LogP contribution in [0.2, 0.25) is 0 Å². The van der Waals surface area contributed by atoms with Gasteiger partial charge in [0, 0.05) is 0 Å². The van der Waals surface area contributed by atoms with Crippen LogP contribution in [0.1, 0.15) is 40.0 Å². The van der Waals surface area contributed by atoms with E-state index in [1.165, 1.54) is 20.8 Å². The van der Waals surface area contributed by atoms with Gasteiger partial charge in [-0.3, -0.25) is 66.9 Å². The molecule has 28 atom stereocenters. The fourth-order valence-electron chi connectivity index (χ4n) is 12.7. The summed E-state index contributed by atoms with van der Waals surface area (Å²) in [5, 5.41) is 0. The summed E-state index contributed by atoms with van der Waals surface area (Å²) in [7, 11) is -112. The van der Waals surface area contributed by atoms with Crippen LogP contribution in [0, 0.1) is 17.8 Å². The monoisotopic (exact) mass is 2600 g/mol. The summed E-state index contributed by atoms with van der Waals surface area (Å²) in [6.07, 6.45) is -102. The van der Waals surface area contributed by atoms with Crippen molar-refractivity contribution in [1.29, 1.82) is 0 Å². The molecule has 5 aliphatic heterocycles. The summed E-state index contributed by atoms with van der Waals surface area (Å²) < 4.78 is 722. The van der Waals surface area contributed by atoms with Crippen molar-refractivity contribution in [3.63, 3.8) is 0 Å². The van der Waals surface area contributed by atoms with Crippen LogP contribution in [-0.2, 0) is 281 Å². The van der Waals surface area contributed by atoms with Gasteiger partial charge in [-0.1, -0.05) is 27.2 Å². The normalized spacial score (nSPS) is 30.4. The van der Waals surface area contributed by atoms with Crippen LogP contribution < -0.4 is 473 Å². The first-order valence-corrected chi connectivity index (χ1v) is 54.0. The third-order valence-electron chi connectivity index (χ3n) is 16.8. The van der Waals surface area contributed by atoms with Crippen molar-refractivity contribution in [1.82, 2.24) is 0 Å². The van der Waals surface area contributed by atoms with E-state index in [-0.39, 0.29) is 492 Å². The summed E-state index contributed by atoms with van der Waals surface area (Å²) in [6, 6.07) is 0. The van der Waals surface area contributed by atoms with Crippen LogP contribution in [-0.4, -0.2) is 400 Å². The smallest absolute Gasteiger partial charge is 0.726 e. The third-order valence-corrected chi connectivity index (χ3v) is 24.0. The molecule has 106 heteroatoms. The Labute approximate surface area is 1190 Å². The van der Waals surface area contributed by atoms with Crippen molar-refractivity contribution in [3.05, 3.63) is 0 Å². The molecule has 0 aromatic heterocycles. The van der Waals surface area contributed by atoms with Crippen LogP contribution in [0.15, 0.2) is 0 Å². The van der Waals surface area contributed by atoms with Crippen LogP contribution in [0.5, 0.6) is 0 Å². The van der Waals surface area contributed by atoms with E-state index >= 15 is 0 Å². The molecule has 0 aromatic carbocycles. The Morgan fingerprint density at radius 1 is 0.205 bits per heavy atom. The molecule has 0 aromatic rings. The molecular weight excluding hydrogens is 2550 g/mol. The molecule has 0 spiro atoms. The Morgan fingerprint density at radius 2 is 0.349 bits per heavy atom. The fraction of sp³-hybridized carbons (Fsp3) is 1.00. The predicted molar refractivity (Wildman–Crippen MR) is 348 cm³/mol. The van der Waals surface area contributed by atoms with Crippen LogP contribution in [0.3, 0.4) is 0 Å². The van der Waals surface area contributed by atoms with E-state index in [1.54, 1.807) is 0 Å². The first-order chi connectivity index (χ1) is 58.1. The second kappa shape index (κ2) is 74.0. The van der Waals surface area contributed by atoms with E-state index in [1.807, 2.05) is 0 Å². The molecule has 6 rings (SSSR count). The van der Waals surface area contributed by atoms with Gasteiger partial charge in [-0.25, -0.2) is 135 Å². The van der Waals surface area contributed by atoms with Gasteiger partial charge in [-0.15, -0.1) is 0 Å². The van der Waals surface area contributed by atoms with Gasteiger partial charge >= 0.3 is 473 Å². The van der Waals surface area contributed by atoms with E-state index in [0.29, 0.717) is 0 Å². The van der Waals surface area contributed by atoms with Crippen molar-refractivity contribution >= 4 is 166 Å². The molecule has 0 N–H and O–H groups in total. The second-order valence-electron chi connectivity index (χ2n) is 26.2. The molecule has 0 amide bonds. The Hall–Kier alpha value is 13.5. The maximum Gasteiger partial charge on any atom is 1.00 e. The SMILES string of the molecule is CC(C)[C@@H]1CC[C@@H](C)C[C@H]1OC1O[C@H](COS(=O)(=O)[O-])[C@@H](OS(=O)(=O)[O-])[C@H](O[C@@H]2O[C@H](COS(=O)(=O)[O-])[C@@H](OS(=O)(=O)[O-])[C@H](O[C@@H]3O[C@H](COS(=O)(=O)[O-])[C@@H](OS(=O)(=O)[O-])[C@H](O[C@@H]4O[C@H](COS(=O)(=O)[O-])[C@@H](OS(=O)(=O)[O-])[C@H](O[C@@H]5O[C@H](COS(=O)(=O)[O-])[C@@H](OS(=O)(=O)[O-])[C@H](OS(=O)(=O)[O-])[C@H]5OS(=O)(=O)[O-])[C@H]4OS(=O)(=O)[O-])[C@H]3OS(=O)(=O)[O-])[C@H]2OS(=O)(=O)[O-])[C@H]1OS(=O)(=O)[O-].[Na+].[Na+].[Na+].[Na+].[Na+].[Na+].[Na+].[Na+].[Na+].[Na+].[Na+].[Na+].[Na+].[Na+].[Na+].[Na+]. The van der Waals surface area contributed by atoms with Gasteiger partial charge < -0.3 is 120 Å². The summed E-state index contributed by atoms with van der Waals surface area (Å²) in [5.41, 5.74) is 0. The molecule has 770 valence electrons. The minimum absolute atomic E-state index is 0. The van der Waals surface area contributed by atoms with Crippen LogP contribution in [0.4, 0.5) is 0 Å². The van der Waals surface area contributed by atoms with Gasteiger partial charge in [-0.05, 0) is 30.6 Å². The zero-order valence-corrected chi connectivity index (χ0v) is 123.